The highest BCUT2D eigenvalue weighted by molar-refractivity contribution is 7.98. The van der Waals surface area contributed by atoms with Crippen LogP contribution in [0.1, 0.15) is 40.0 Å². The fourth-order valence-corrected chi connectivity index (χ4v) is 3.60. The number of carbonyl (C=O) groups is 3. The molecule has 0 bridgehead atoms. The summed E-state index contributed by atoms with van der Waals surface area (Å²) in [5.74, 6) is -0.403. The molecule has 146 valence electrons. The first-order valence-electron chi connectivity index (χ1n) is 9.20. The number of urea groups is 1. The van der Waals surface area contributed by atoms with Gasteiger partial charge in [-0.15, -0.1) is 11.8 Å². The third-order valence-electron chi connectivity index (χ3n) is 4.56. The quantitative estimate of drug-likeness (QED) is 0.421. The molecule has 0 radical (unpaired) electrons. The first kappa shape index (κ1) is 19.7. The molecule has 3 amide bonds. The van der Waals surface area contributed by atoms with Gasteiger partial charge in [-0.25, -0.2) is 9.69 Å². The first-order chi connectivity index (χ1) is 12.7. The lowest BCUT2D eigenvalue weighted by Gasteiger charge is -2.24. The second kappa shape index (κ2) is 7.54. The van der Waals surface area contributed by atoms with Crippen LogP contribution in [0.2, 0.25) is 0 Å². The average molecular weight is 391 g/mol. The van der Waals surface area contributed by atoms with Gasteiger partial charge in [0.1, 0.15) is 11.6 Å². The van der Waals surface area contributed by atoms with Crippen molar-refractivity contribution in [3.63, 3.8) is 0 Å². The fourth-order valence-electron chi connectivity index (χ4n) is 3.15. The van der Waals surface area contributed by atoms with Gasteiger partial charge in [-0.1, -0.05) is 6.07 Å². The van der Waals surface area contributed by atoms with Gasteiger partial charge in [0.05, 0.1) is 12.1 Å². The average Bonchev–Trinajstić information content (AvgIpc) is 3.37. The van der Waals surface area contributed by atoms with E-state index in [0.717, 1.165) is 17.7 Å². The molecule has 0 aromatic heterocycles. The van der Waals surface area contributed by atoms with Crippen LogP contribution in [0.15, 0.2) is 29.2 Å². The highest BCUT2D eigenvalue weighted by Gasteiger charge is 2.48. The summed E-state index contributed by atoms with van der Waals surface area (Å²) in [6.45, 7) is 5.87. The number of rotatable bonds is 6. The van der Waals surface area contributed by atoms with E-state index in [4.69, 9.17) is 4.74 Å². The summed E-state index contributed by atoms with van der Waals surface area (Å²) in [6.07, 6.45) is 3.93. The number of ether oxygens (including phenoxy) is 1. The number of hydrogen-bond donors (Lipinski definition) is 0. The van der Waals surface area contributed by atoms with E-state index >= 15 is 0 Å². The lowest BCUT2D eigenvalue weighted by molar-refractivity contribution is -0.156. The van der Waals surface area contributed by atoms with Crippen molar-refractivity contribution in [2.75, 3.05) is 17.7 Å². The smallest absolute Gasteiger partial charge is 0.332 e. The summed E-state index contributed by atoms with van der Waals surface area (Å²) in [5, 5.41) is 0. The highest BCUT2D eigenvalue weighted by Crippen LogP contribution is 2.35. The Morgan fingerprint density at radius 2 is 1.96 bits per heavy atom. The van der Waals surface area contributed by atoms with E-state index in [0.29, 0.717) is 18.2 Å². The molecule has 1 aliphatic carbocycles. The summed E-state index contributed by atoms with van der Waals surface area (Å²) in [7, 11) is 0. The number of carbonyl (C=O) groups excluding carboxylic acids is 3. The number of hydrogen-bond acceptors (Lipinski definition) is 5. The first-order valence-corrected chi connectivity index (χ1v) is 10.4. The SMILES string of the molecule is CSc1cccc(N2C(=O)[C@H](CC(=O)OC(C)(C)C)N(CC3CC3)C2=O)c1. The molecule has 0 unspecified atom stereocenters. The van der Waals surface area contributed by atoms with Crippen LogP contribution in [0.3, 0.4) is 0 Å². The summed E-state index contributed by atoms with van der Waals surface area (Å²) in [6, 6.07) is 6.18. The second-order valence-corrected chi connectivity index (χ2v) is 8.94. The van der Waals surface area contributed by atoms with Crippen LogP contribution >= 0.6 is 11.8 Å². The van der Waals surface area contributed by atoms with Crippen molar-refractivity contribution in [1.82, 2.24) is 4.90 Å². The minimum absolute atomic E-state index is 0.118. The van der Waals surface area contributed by atoms with Crippen LogP contribution in [0, 0.1) is 5.92 Å². The Hall–Kier alpha value is -2.02. The molecule has 2 aliphatic rings. The van der Waals surface area contributed by atoms with E-state index in [1.165, 1.54) is 4.90 Å². The monoisotopic (exact) mass is 390 g/mol. The molecule has 7 heteroatoms. The summed E-state index contributed by atoms with van der Waals surface area (Å²) < 4.78 is 5.38. The molecule has 2 fully saturated rings. The Kier molecular flexibility index (Phi) is 5.51. The van der Waals surface area contributed by atoms with E-state index in [-0.39, 0.29) is 18.4 Å². The molecule has 1 aliphatic heterocycles. The summed E-state index contributed by atoms with van der Waals surface area (Å²) in [4.78, 5) is 42.2. The van der Waals surface area contributed by atoms with E-state index in [9.17, 15) is 14.4 Å². The van der Waals surface area contributed by atoms with Crippen molar-refractivity contribution in [1.29, 1.82) is 0 Å². The minimum atomic E-state index is -0.800. The van der Waals surface area contributed by atoms with Crippen molar-refractivity contribution in [2.45, 2.75) is 56.6 Å². The van der Waals surface area contributed by atoms with E-state index in [1.807, 2.05) is 24.5 Å². The van der Waals surface area contributed by atoms with E-state index < -0.39 is 17.6 Å². The zero-order valence-electron chi connectivity index (χ0n) is 16.2. The molecule has 3 rings (SSSR count). The van der Waals surface area contributed by atoms with Crippen LogP contribution in [-0.2, 0) is 14.3 Å². The normalized spacial score (nSPS) is 20.4. The lowest BCUT2D eigenvalue weighted by Crippen LogP contribution is -2.39. The van der Waals surface area contributed by atoms with Crippen LogP contribution in [0.5, 0.6) is 0 Å². The van der Waals surface area contributed by atoms with Crippen molar-refractivity contribution < 1.29 is 19.1 Å². The van der Waals surface area contributed by atoms with Gasteiger partial charge in [0.15, 0.2) is 0 Å². The van der Waals surface area contributed by atoms with Crippen LogP contribution in [-0.4, -0.2) is 47.3 Å². The van der Waals surface area contributed by atoms with E-state index in [2.05, 4.69) is 0 Å². The van der Waals surface area contributed by atoms with Crippen molar-refractivity contribution >= 4 is 35.4 Å². The number of esters is 1. The largest absolute Gasteiger partial charge is 0.460 e. The number of benzene rings is 1. The standard InChI is InChI=1S/C20H26N2O4S/c1-20(2,3)26-17(23)11-16-18(24)22(14-6-5-7-15(10-14)27-4)19(25)21(16)12-13-8-9-13/h5-7,10,13,16H,8-9,11-12H2,1-4H3/t16-/m0/s1. The fraction of sp³-hybridized carbons (Fsp3) is 0.550. The third-order valence-corrected chi connectivity index (χ3v) is 5.29. The third kappa shape index (κ3) is 4.64. The van der Waals surface area contributed by atoms with Gasteiger partial charge in [0.2, 0.25) is 0 Å². The minimum Gasteiger partial charge on any atom is -0.460 e. The highest BCUT2D eigenvalue weighted by atomic mass is 32.2. The molecule has 1 saturated carbocycles. The molecular formula is C20H26N2O4S. The maximum Gasteiger partial charge on any atom is 0.332 e. The topological polar surface area (TPSA) is 66.9 Å². The van der Waals surface area contributed by atoms with Crippen LogP contribution < -0.4 is 4.90 Å². The number of nitrogens with zero attached hydrogens (tertiary/aromatic N) is 2. The molecule has 6 nitrogen and oxygen atoms in total. The lowest BCUT2D eigenvalue weighted by atomic mass is 10.1. The zero-order chi connectivity index (χ0) is 19.8. The number of thioether (sulfide) groups is 1. The van der Waals surface area contributed by atoms with Gasteiger partial charge in [0, 0.05) is 11.4 Å². The number of amides is 3. The van der Waals surface area contributed by atoms with Crippen molar-refractivity contribution in [2.24, 2.45) is 5.92 Å². The van der Waals surface area contributed by atoms with E-state index in [1.54, 1.807) is 43.5 Å². The molecule has 0 N–H and O–H groups in total. The molecule has 1 saturated heterocycles. The number of anilines is 1. The summed E-state index contributed by atoms with van der Waals surface area (Å²) >= 11 is 1.55. The maximum absolute atomic E-state index is 13.1. The summed E-state index contributed by atoms with van der Waals surface area (Å²) in [5.41, 5.74) is -0.0829. The number of imide groups is 1. The molecular weight excluding hydrogens is 364 g/mol. The Balaban J connectivity index is 1.85. The Labute approximate surface area is 164 Å². The van der Waals surface area contributed by atoms with Crippen molar-refractivity contribution in [3.8, 4) is 0 Å². The van der Waals surface area contributed by atoms with Gasteiger partial charge in [0.25, 0.3) is 5.91 Å². The predicted octanol–water partition coefficient (Wildman–Crippen LogP) is 3.69. The second-order valence-electron chi connectivity index (χ2n) is 8.06. The molecule has 1 aromatic carbocycles. The van der Waals surface area contributed by atoms with Crippen LogP contribution in [0.25, 0.3) is 0 Å². The van der Waals surface area contributed by atoms with Crippen LogP contribution in [0.4, 0.5) is 10.5 Å². The zero-order valence-corrected chi connectivity index (χ0v) is 17.0. The Morgan fingerprint density at radius 3 is 2.56 bits per heavy atom. The molecule has 27 heavy (non-hydrogen) atoms. The van der Waals surface area contributed by atoms with Crippen molar-refractivity contribution in [3.05, 3.63) is 24.3 Å². The maximum atomic E-state index is 13.1. The van der Waals surface area contributed by atoms with Gasteiger partial charge < -0.3 is 9.64 Å². The predicted molar refractivity (Wildman–Crippen MR) is 105 cm³/mol. The van der Waals surface area contributed by atoms with Gasteiger partial charge in [-0.05, 0) is 64.0 Å². The Bertz CT molecular complexity index is 755. The molecule has 1 heterocycles. The van der Waals surface area contributed by atoms with Gasteiger partial charge in [-0.3, -0.25) is 9.59 Å². The molecule has 0 spiro atoms. The van der Waals surface area contributed by atoms with Gasteiger partial charge >= 0.3 is 12.0 Å². The molecule has 1 aromatic rings. The molecule has 1 atom stereocenters. The van der Waals surface area contributed by atoms with Gasteiger partial charge in [-0.2, -0.15) is 0 Å². The Morgan fingerprint density at radius 1 is 1.26 bits per heavy atom.